The van der Waals surface area contributed by atoms with Crippen LogP contribution in [0.5, 0.6) is 0 Å². The van der Waals surface area contributed by atoms with Crippen molar-refractivity contribution >= 4 is 23.1 Å². The van der Waals surface area contributed by atoms with E-state index in [2.05, 4.69) is 10.6 Å². The Balaban J connectivity index is 1.59. The highest BCUT2D eigenvalue weighted by Gasteiger charge is 2.21. The number of anilines is 2. The first-order chi connectivity index (χ1) is 16.3. The molecule has 10 heteroatoms. The standard InChI is InChI=1S/C24H27N7O3/c25-17-3-1-6-19(11-17)30-13-20(29-18-4-2-5-18)23(33)31(24(30)34)14-21(32)28-12-15-7-9-16(10-8-15)22(26)27/h1,3,6-11,13,18,29H,2,4-5,12,14,25H2,(H3,26,27)(H,28,32). The number of amidine groups is 1. The lowest BCUT2D eigenvalue weighted by molar-refractivity contribution is -0.121. The first kappa shape index (κ1) is 22.8. The zero-order valence-corrected chi connectivity index (χ0v) is 18.6. The number of benzene rings is 2. The molecule has 1 saturated carbocycles. The molecule has 0 atom stereocenters. The predicted octanol–water partition coefficient (Wildman–Crippen LogP) is 1.15. The number of carbonyl (C=O) groups excluding carboxylic acids is 1. The number of carbonyl (C=O) groups is 1. The van der Waals surface area contributed by atoms with Crippen LogP contribution in [0.15, 0.2) is 64.3 Å². The summed E-state index contributed by atoms with van der Waals surface area (Å²) in [6.45, 7) is -0.221. The van der Waals surface area contributed by atoms with Gasteiger partial charge < -0.3 is 22.1 Å². The fraction of sp³-hybridized carbons (Fsp3) is 0.250. The highest BCUT2D eigenvalue weighted by Crippen LogP contribution is 2.22. The van der Waals surface area contributed by atoms with E-state index in [1.807, 2.05) is 0 Å². The Bertz CT molecular complexity index is 1340. The molecule has 3 aromatic rings. The van der Waals surface area contributed by atoms with E-state index >= 15 is 0 Å². The van der Waals surface area contributed by atoms with Gasteiger partial charge in [-0.15, -0.1) is 0 Å². The summed E-state index contributed by atoms with van der Waals surface area (Å²) in [5.74, 6) is -0.517. The molecule has 2 aromatic carbocycles. The van der Waals surface area contributed by atoms with Crippen LogP contribution in [0, 0.1) is 5.41 Å². The number of hydrogen-bond acceptors (Lipinski definition) is 6. The van der Waals surface area contributed by atoms with Crippen LogP contribution in [-0.2, 0) is 17.9 Å². The molecule has 176 valence electrons. The summed E-state index contributed by atoms with van der Waals surface area (Å²) in [6.07, 6.45) is 4.44. The fourth-order valence-corrected chi connectivity index (χ4v) is 3.67. The Morgan fingerprint density at radius 3 is 2.47 bits per heavy atom. The normalized spacial score (nSPS) is 13.2. The van der Waals surface area contributed by atoms with Gasteiger partial charge in [-0.05, 0) is 43.0 Å². The fourth-order valence-electron chi connectivity index (χ4n) is 3.67. The van der Waals surface area contributed by atoms with Crippen LogP contribution in [0.25, 0.3) is 5.69 Å². The van der Waals surface area contributed by atoms with Crippen molar-refractivity contribution in [1.82, 2.24) is 14.5 Å². The van der Waals surface area contributed by atoms with Crippen molar-refractivity contribution in [2.24, 2.45) is 5.73 Å². The van der Waals surface area contributed by atoms with Crippen LogP contribution in [0.4, 0.5) is 11.4 Å². The van der Waals surface area contributed by atoms with Crippen molar-refractivity contribution in [3.63, 3.8) is 0 Å². The van der Waals surface area contributed by atoms with Crippen LogP contribution >= 0.6 is 0 Å². The van der Waals surface area contributed by atoms with Gasteiger partial charge in [-0.25, -0.2) is 9.36 Å². The number of hydrogen-bond donors (Lipinski definition) is 5. The average molecular weight is 462 g/mol. The summed E-state index contributed by atoms with van der Waals surface area (Å²) in [5, 5.41) is 13.4. The second kappa shape index (κ2) is 9.65. The Morgan fingerprint density at radius 2 is 1.85 bits per heavy atom. The summed E-state index contributed by atoms with van der Waals surface area (Å²) < 4.78 is 2.25. The lowest BCUT2D eigenvalue weighted by atomic mass is 9.93. The Kier molecular flexibility index (Phi) is 6.48. The minimum atomic E-state index is -0.629. The maximum absolute atomic E-state index is 13.2. The average Bonchev–Trinajstić information content (AvgIpc) is 2.79. The maximum atomic E-state index is 13.2. The Morgan fingerprint density at radius 1 is 1.12 bits per heavy atom. The zero-order valence-electron chi connectivity index (χ0n) is 18.6. The number of nitrogens with one attached hydrogen (secondary N) is 3. The van der Waals surface area contributed by atoms with Gasteiger partial charge in [0, 0.05) is 30.0 Å². The molecule has 0 spiro atoms. The molecular weight excluding hydrogens is 434 g/mol. The van der Waals surface area contributed by atoms with Gasteiger partial charge in [0.1, 0.15) is 18.1 Å². The lowest BCUT2D eigenvalue weighted by Crippen LogP contribution is -2.45. The van der Waals surface area contributed by atoms with Crippen molar-refractivity contribution in [1.29, 1.82) is 5.41 Å². The molecule has 34 heavy (non-hydrogen) atoms. The van der Waals surface area contributed by atoms with E-state index in [9.17, 15) is 14.4 Å². The molecule has 4 rings (SSSR count). The summed E-state index contributed by atoms with van der Waals surface area (Å²) >= 11 is 0. The van der Waals surface area contributed by atoms with Crippen LogP contribution < -0.4 is 33.3 Å². The number of nitrogens with zero attached hydrogens (tertiary/aromatic N) is 2. The number of nitrogens with two attached hydrogens (primary N) is 2. The van der Waals surface area contributed by atoms with Gasteiger partial charge in [0.25, 0.3) is 5.56 Å². The monoisotopic (exact) mass is 461 g/mol. The highest BCUT2D eigenvalue weighted by molar-refractivity contribution is 5.94. The SMILES string of the molecule is N=C(N)c1ccc(CNC(=O)Cn2c(=O)c(NC3CCC3)cn(-c3cccc(N)c3)c2=O)cc1. The van der Waals surface area contributed by atoms with Crippen molar-refractivity contribution < 1.29 is 4.79 Å². The summed E-state index contributed by atoms with van der Waals surface area (Å²) in [6, 6.07) is 13.8. The molecule has 1 heterocycles. The van der Waals surface area contributed by atoms with Crippen LogP contribution in [-0.4, -0.2) is 26.9 Å². The van der Waals surface area contributed by atoms with Crippen molar-refractivity contribution in [2.45, 2.75) is 38.4 Å². The molecule has 0 bridgehead atoms. The van der Waals surface area contributed by atoms with Crippen LogP contribution in [0.1, 0.15) is 30.4 Å². The predicted molar refractivity (Wildman–Crippen MR) is 131 cm³/mol. The quantitative estimate of drug-likeness (QED) is 0.192. The van der Waals surface area contributed by atoms with Gasteiger partial charge in [0.05, 0.1) is 5.69 Å². The van der Waals surface area contributed by atoms with Crippen LogP contribution in [0.3, 0.4) is 0 Å². The zero-order chi connectivity index (χ0) is 24.2. The first-order valence-corrected chi connectivity index (χ1v) is 11.0. The molecule has 1 fully saturated rings. The number of aromatic nitrogens is 2. The van der Waals surface area contributed by atoms with Crippen molar-refractivity contribution in [3.05, 3.63) is 86.7 Å². The molecule has 7 N–H and O–H groups in total. The van der Waals surface area contributed by atoms with Crippen molar-refractivity contribution in [3.8, 4) is 5.69 Å². The molecule has 1 amide bonds. The smallest absolute Gasteiger partial charge is 0.336 e. The van der Waals surface area contributed by atoms with Gasteiger partial charge >= 0.3 is 5.69 Å². The van der Waals surface area contributed by atoms with Gasteiger partial charge in [-0.1, -0.05) is 30.3 Å². The minimum absolute atomic E-state index is 0.0400. The molecule has 10 nitrogen and oxygen atoms in total. The topological polar surface area (TPSA) is 161 Å². The van der Waals surface area contributed by atoms with E-state index in [0.29, 0.717) is 16.9 Å². The molecule has 1 aromatic heterocycles. The number of nitrogen functional groups attached to an aromatic ring is 2. The minimum Gasteiger partial charge on any atom is -0.399 e. The molecule has 0 aliphatic heterocycles. The number of rotatable bonds is 8. The molecule has 0 saturated heterocycles. The molecule has 0 radical (unpaired) electrons. The summed E-state index contributed by atoms with van der Waals surface area (Å²) in [7, 11) is 0. The van der Waals surface area contributed by atoms with Gasteiger partial charge in [-0.2, -0.15) is 0 Å². The van der Waals surface area contributed by atoms with E-state index in [1.54, 1.807) is 48.5 Å². The second-order valence-electron chi connectivity index (χ2n) is 8.34. The van der Waals surface area contributed by atoms with E-state index < -0.39 is 23.7 Å². The van der Waals surface area contributed by atoms with E-state index in [-0.39, 0.29) is 24.1 Å². The third-order valence-corrected chi connectivity index (χ3v) is 5.84. The van der Waals surface area contributed by atoms with E-state index in [0.717, 1.165) is 29.4 Å². The lowest BCUT2D eigenvalue weighted by Gasteiger charge is -2.27. The molecule has 0 unspecified atom stereocenters. The third-order valence-electron chi connectivity index (χ3n) is 5.84. The Hall–Kier alpha value is -4.34. The number of amides is 1. The molecular formula is C24H27N7O3. The highest BCUT2D eigenvalue weighted by atomic mass is 16.2. The largest absolute Gasteiger partial charge is 0.399 e. The Labute approximate surface area is 195 Å². The van der Waals surface area contributed by atoms with Gasteiger partial charge in [-0.3, -0.25) is 19.6 Å². The van der Waals surface area contributed by atoms with E-state index in [4.69, 9.17) is 16.9 Å². The maximum Gasteiger partial charge on any atom is 0.336 e. The van der Waals surface area contributed by atoms with Crippen molar-refractivity contribution in [2.75, 3.05) is 11.1 Å². The summed E-state index contributed by atoms with van der Waals surface area (Å²) in [4.78, 5) is 38.9. The van der Waals surface area contributed by atoms with Gasteiger partial charge in [0.15, 0.2) is 0 Å². The first-order valence-electron chi connectivity index (χ1n) is 11.0. The third kappa shape index (κ3) is 5.01. The van der Waals surface area contributed by atoms with Gasteiger partial charge in [0.2, 0.25) is 5.91 Å². The molecule has 1 aliphatic rings. The summed E-state index contributed by atoms with van der Waals surface area (Å²) in [5.41, 5.74) is 12.8. The van der Waals surface area contributed by atoms with Crippen LogP contribution in [0.2, 0.25) is 0 Å². The molecule has 1 aliphatic carbocycles. The second-order valence-corrected chi connectivity index (χ2v) is 8.34. The van der Waals surface area contributed by atoms with E-state index in [1.165, 1.54) is 10.8 Å².